The molecule has 5 aliphatic carbocycles. The van der Waals surface area contributed by atoms with Crippen LogP contribution >= 0.6 is 0 Å². The van der Waals surface area contributed by atoms with Crippen LogP contribution in [0.15, 0.2) is 0 Å². The van der Waals surface area contributed by atoms with Gasteiger partial charge in [-0.2, -0.15) is 0 Å². The highest BCUT2D eigenvalue weighted by Gasteiger charge is 2.51. The molecule has 6 rings (SSSR count). The number of nitrogens with zero attached hydrogens (tertiary/aromatic N) is 1. The SMILES string of the molecule is O=C(CCN1C(=O)[C@H]2CCCC[C@H]2C1=O)NCC12CC3CC(CC(C3)C1)C2. The van der Waals surface area contributed by atoms with Gasteiger partial charge in [0.05, 0.1) is 11.8 Å². The minimum Gasteiger partial charge on any atom is -0.355 e. The van der Waals surface area contributed by atoms with E-state index in [1.807, 2.05) is 0 Å². The summed E-state index contributed by atoms with van der Waals surface area (Å²) < 4.78 is 0. The first kappa shape index (κ1) is 17.7. The molecule has 5 saturated carbocycles. The molecule has 1 saturated heterocycles. The number of imide groups is 1. The molecule has 0 spiro atoms. The Morgan fingerprint density at radius 1 is 0.926 bits per heavy atom. The van der Waals surface area contributed by atoms with Gasteiger partial charge in [-0.1, -0.05) is 12.8 Å². The van der Waals surface area contributed by atoms with Crippen LogP contribution in [-0.4, -0.2) is 35.7 Å². The van der Waals surface area contributed by atoms with Gasteiger partial charge in [0.2, 0.25) is 17.7 Å². The fourth-order valence-corrected chi connectivity index (χ4v) is 7.55. The van der Waals surface area contributed by atoms with Crippen LogP contribution in [0.3, 0.4) is 0 Å². The third kappa shape index (κ3) is 3.11. The summed E-state index contributed by atoms with van der Waals surface area (Å²) in [7, 11) is 0. The van der Waals surface area contributed by atoms with E-state index in [9.17, 15) is 14.4 Å². The lowest BCUT2D eigenvalue weighted by atomic mass is 9.49. The normalized spacial score (nSPS) is 42.5. The summed E-state index contributed by atoms with van der Waals surface area (Å²) in [5.41, 5.74) is 0.332. The molecule has 0 aromatic heterocycles. The second kappa shape index (κ2) is 6.59. The molecule has 0 aromatic rings. The van der Waals surface area contributed by atoms with E-state index in [1.54, 1.807) is 0 Å². The molecule has 1 heterocycles. The van der Waals surface area contributed by atoms with Crippen LogP contribution in [0.2, 0.25) is 0 Å². The van der Waals surface area contributed by atoms with Gasteiger partial charge < -0.3 is 5.32 Å². The molecule has 6 fully saturated rings. The van der Waals surface area contributed by atoms with Gasteiger partial charge in [0, 0.05) is 19.5 Å². The Balaban J connectivity index is 1.13. The molecule has 0 radical (unpaired) electrons. The molecule has 1 N–H and O–H groups in total. The molecule has 1 aliphatic heterocycles. The van der Waals surface area contributed by atoms with E-state index >= 15 is 0 Å². The van der Waals surface area contributed by atoms with E-state index in [1.165, 1.54) is 43.4 Å². The average molecular weight is 373 g/mol. The van der Waals surface area contributed by atoms with Gasteiger partial charge in [-0.3, -0.25) is 19.3 Å². The van der Waals surface area contributed by atoms with Crippen molar-refractivity contribution in [3.63, 3.8) is 0 Å². The zero-order chi connectivity index (χ0) is 18.6. The van der Waals surface area contributed by atoms with Crippen molar-refractivity contribution in [2.24, 2.45) is 35.0 Å². The molecule has 5 heteroatoms. The second-order valence-corrected chi connectivity index (χ2v) is 10.3. The first-order valence-corrected chi connectivity index (χ1v) is 11.1. The van der Waals surface area contributed by atoms with Gasteiger partial charge in [0.1, 0.15) is 0 Å². The number of carbonyl (C=O) groups excluding carboxylic acids is 3. The van der Waals surface area contributed by atoms with E-state index in [-0.39, 0.29) is 42.5 Å². The number of nitrogens with one attached hydrogen (secondary N) is 1. The monoisotopic (exact) mass is 372 g/mol. The van der Waals surface area contributed by atoms with Crippen LogP contribution in [0, 0.1) is 35.0 Å². The standard InChI is InChI=1S/C22H32N2O3/c25-19(5-6-24-20(26)17-3-1-2-4-18(17)21(24)27)23-13-22-10-14-7-15(11-22)9-16(8-14)12-22/h14-18H,1-13H2,(H,23,25)/t14?,15?,16?,17-,18+,22?. The molecule has 6 aliphatic rings. The van der Waals surface area contributed by atoms with E-state index in [0.717, 1.165) is 50.0 Å². The molecular weight excluding hydrogens is 340 g/mol. The summed E-state index contributed by atoms with van der Waals surface area (Å²) in [5.74, 6) is 2.38. The number of amides is 3. The number of hydrogen-bond acceptors (Lipinski definition) is 3. The lowest BCUT2D eigenvalue weighted by Gasteiger charge is -2.56. The zero-order valence-corrected chi connectivity index (χ0v) is 16.3. The molecule has 0 aromatic carbocycles. The Labute approximate surface area is 161 Å². The van der Waals surface area contributed by atoms with Crippen LogP contribution in [0.5, 0.6) is 0 Å². The van der Waals surface area contributed by atoms with Crippen LogP contribution in [-0.2, 0) is 14.4 Å². The summed E-state index contributed by atoms with van der Waals surface area (Å²) in [6.07, 6.45) is 12.1. The Morgan fingerprint density at radius 3 is 1.96 bits per heavy atom. The summed E-state index contributed by atoms with van der Waals surface area (Å²) in [5, 5.41) is 3.17. The summed E-state index contributed by atoms with van der Waals surface area (Å²) >= 11 is 0. The van der Waals surface area contributed by atoms with Crippen LogP contribution in [0.4, 0.5) is 0 Å². The fraction of sp³-hybridized carbons (Fsp3) is 0.864. The van der Waals surface area contributed by atoms with E-state index in [0.29, 0.717) is 5.41 Å². The van der Waals surface area contributed by atoms with Crippen LogP contribution < -0.4 is 5.32 Å². The lowest BCUT2D eigenvalue weighted by Crippen LogP contribution is -2.51. The highest BCUT2D eigenvalue weighted by atomic mass is 16.2. The molecule has 0 unspecified atom stereocenters. The van der Waals surface area contributed by atoms with Crippen molar-refractivity contribution in [2.45, 2.75) is 70.6 Å². The van der Waals surface area contributed by atoms with Crippen molar-refractivity contribution in [2.75, 3.05) is 13.1 Å². The number of likely N-dealkylation sites (tertiary alicyclic amines) is 1. The Kier molecular flexibility index (Phi) is 4.32. The number of fused-ring (bicyclic) bond motifs is 1. The topological polar surface area (TPSA) is 66.5 Å². The summed E-state index contributed by atoms with van der Waals surface area (Å²) in [6, 6.07) is 0. The molecule has 2 atom stereocenters. The van der Waals surface area contributed by atoms with E-state index in [4.69, 9.17) is 0 Å². The molecule has 5 nitrogen and oxygen atoms in total. The van der Waals surface area contributed by atoms with Gasteiger partial charge in [0.15, 0.2) is 0 Å². The third-order valence-corrected chi connectivity index (χ3v) is 8.32. The highest BCUT2D eigenvalue weighted by molar-refractivity contribution is 6.05. The maximum atomic E-state index is 12.5. The summed E-state index contributed by atoms with van der Waals surface area (Å²) in [6.45, 7) is 1.06. The van der Waals surface area contributed by atoms with Gasteiger partial charge in [0.25, 0.3) is 0 Å². The summed E-state index contributed by atoms with van der Waals surface area (Å²) in [4.78, 5) is 38.9. The predicted octanol–water partition coefficient (Wildman–Crippen LogP) is 2.88. The van der Waals surface area contributed by atoms with Crippen molar-refractivity contribution < 1.29 is 14.4 Å². The van der Waals surface area contributed by atoms with Crippen molar-refractivity contribution in [1.29, 1.82) is 0 Å². The molecular formula is C22H32N2O3. The van der Waals surface area contributed by atoms with Gasteiger partial charge in [-0.15, -0.1) is 0 Å². The molecule has 148 valence electrons. The maximum absolute atomic E-state index is 12.5. The quantitative estimate of drug-likeness (QED) is 0.755. The van der Waals surface area contributed by atoms with E-state index < -0.39 is 0 Å². The highest BCUT2D eigenvalue weighted by Crippen LogP contribution is 2.59. The largest absolute Gasteiger partial charge is 0.355 e. The first-order chi connectivity index (χ1) is 13.0. The van der Waals surface area contributed by atoms with Gasteiger partial charge in [-0.05, 0) is 74.5 Å². The van der Waals surface area contributed by atoms with Crippen molar-refractivity contribution in [1.82, 2.24) is 10.2 Å². The van der Waals surface area contributed by atoms with Gasteiger partial charge in [-0.25, -0.2) is 0 Å². The zero-order valence-electron chi connectivity index (χ0n) is 16.3. The average Bonchev–Trinajstić information content (AvgIpc) is 2.88. The minimum atomic E-state index is -0.110. The molecule has 4 bridgehead atoms. The predicted molar refractivity (Wildman–Crippen MR) is 100 cm³/mol. The van der Waals surface area contributed by atoms with E-state index in [2.05, 4.69) is 5.32 Å². The Bertz CT molecular complexity index is 599. The molecule has 27 heavy (non-hydrogen) atoms. The first-order valence-electron chi connectivity index (χ1n) is 11.1. The van der Waals surface area contributed by atoms with Crippen molar-refractivity contribution in [3.8, 4) is 0 Å². The number of carbonyl (C=O) groups is 3. The molecule has 3 amide bonds. The third-order valence-electron chi connectivity index (χ3n) is 8.32. The fourth-order valence-electron chi connectivity index (χ4n) is 7.55. The second-order valence-electron chi connectivity index (χ2n) is 10.3. The smallest absolute Gasteiger partial charge is 0.233 e. The lowest BCUT2D eigenvalue weighted by molar-refractivity contribution is -0.140. The Morgan fingerprint density at radius 2 is 1.44 bits per heavy atom. The van der Waals surface area contributed by atoms with Crippen LogP contribution in [0.25, 0.3) is 0 Å². The van der Waals surface area contributed by atoms with Crippen molar-refractivity contribution >= 4 is 17.7 Å². The minimum absolute atomic E-state index is 0.00113. The number of hydrogen-bond donors (Lipinski definition) is 1. The maximum Gasteiger partial charge on any atom is 0.233 e. The van der Waals surface area contributed by atoms with Crippen molar-refractivity contribution in [3.05, 3.63) is 0 Å². The van der Waals surface area contributed by atoms with Crippen LogP contribution in [0.1, 0.15) is 70.6 Å². The van der Waals surface area contributed by atoms with Gasteiger partial charge >= 0.3 is 0 Å². The Hall–Kier alpha value is -1.39. The number of rotatable bonds is 5.